The van der Waals surface area contributed by atoms with Gasteiger partial charge in [0.15, 0.2) is 0 Å². The molecular formula is C27H35N3O3. The fraction of sp³-hybridized carbons (Fsp3) is 0.444. The van der Waals surface area contributed by atoms with Crippen LogP contribution in [0.15, 0.2) is 60.9 Å². The number of likely N-dealkylation sites (tertiary alicyclic amines) is 1. The highest BCUT2D eigenvalue weighted by Crippen LogP contribution is 2.25. The van der Waals surface area contributed by atoms with Crippen molar-refractivity contribution in [2.75, 3.05) is 26.3 Å². The van der Waals surface area contributed by atoms with Crippen molar-refractivity contribution in [1.29, 1.82) is 0 Å². The van der Waals surface area contributed by atoms with Gasteiger partial charge in [0.25, 0.3) is 0 Å². The van der Waals surface area contributed by atoms with Crippen LogP contribution in [0.1, 0.15) is 36.2 Å². The number of rotatable bonds is 10. The molecule has 0 aliphatic carbocycles. The number of piperidine rings is 1. The smallest absolute Gasteiger partial charge is 0.119 e. The molecule has 1 aliphatic heterocycles. The number of hydrogen-bond donors (Lipinski definition) is 1. The van der Waals surface area contributed by atoms with E-state index < -0.39 is 5.60 Å². The summed E-state index contributed by atoms with van der Waals surface area (Å²) in [5, 5.41) is 10.9. The van der Waals surface area contributed by atoms with E-state index in [2.05, 4.69) is 39.6 Å². The Balaban J connectivity index is 1.19. The first kappa shape index (κ1) is 23.3. The quantitative estimate of drug-likeness (QED) is 0.466. The molecule has 1 aliphatic rings. The lowest BCUT2D eigenvalue weighted by molar-refractivity contribution is -0.0537. The molecule has 0 bridgehead atoms. The summed E-state index contributed by atoms with van der Waals surface area (Å²) in [7, 11) is 0. The van der Waals surface area contributed by atoms with Crippen molar-refractivity contribution >= 4 is 0 Å². The molecule has 0 unspecified atom stereocenters. The van der Waals surface area contributed by atoms with Gasteiger partial charge in [0, 0.05) is 38.6 Å². The summed E-state index contributed by atoms with van der Waals surface area (Å²) in [5.41, 5.74) is 1.67. The summed E-state index contributed by atoms with van der Waals surface area (Å²) >= 11 is 0. The highest BCUT2D eigenvalue weighted by molar-refractivity contribution is 5.29. The van der Waals surface area contributed by atoms with Crippen molar-refractivity contribution in [3.8, 4) is 11.5 Å². The predicted octanol–water partition coefficient (Wildman–Crippen LogP) is 4.37. The minimum atomic E-state index is -0.764. The van der Waals surface area contributed by atoms with Gasteiger partial charge in [-0.25, -0.2) is 4.98 Å². The Morgan fingerprint density at radius 2 is 1.79 bits per heavy atom. The van der Waals surface area contributed by atoms with E-state index >= 15 is 0 Å². The number of hydrogen-bond acceptors (Lipinski definition) is 5. The number of nitrogens with zero attached hydrogens (tertiary/aromatic N) is 3. The first-order chi connectivity index (χ1) is 16.0. The van der Waals surface area contributed by atoms with Gasteiger partial charge in [0.05, 0.1) is 6.61 Å². The molecule has 1 aromatic heterocycles. The summed E-state index contributed by atoms with van der Waals surface area (Å²) < 4.78 is 14.0. The third-order valence-corrected chi connectivity index (χ3v) is 6.36. The molecule has 33 heavy (non-hydrogen) atoms. The van der Waals surface area contributed by atoms with Gasteiger partial charge in [-0.1, -0.05) is 29.8 Å². The lowest BCUT2D eigenvalue weighted by atomic mass is 9.92. The standard InChI is InChI=1S/C27H35N3O3/c1-22-7-9-25(10-8-22)33-21-27(31)11-15-29(16-12-27)20-24-5-3-6-26(19-24)32-18-4-14-30-17-13-28-23(30)2/h3,5-10,13,17,19,31H,4,11-12,14-16,18,20-21H2,1-2H3. The van der Waals surface area contributed by atoms with Gasteiger partial charge in [-0.3, -0.25) is 4.90 Å². The number of ether oxygens (including phenoxy) is 2. The zero-order valence-electron chi connectivity index (χ0n) is 19.7. The largest absolute Gasteiger partial charge is 0.494 e. The number of imidazole rings is 1. The summed E-state index contributed by atoms with van der Waals surface area (Å²) in [4.78, 5) is 6.64. The Bertz CT molecular complexity index is 1010. The van der Waals surface area contributed by atoms with E-state index in [9.17, 15) is 5.11 Å². The highest BCUT2D eigenvalue weighted by atomic mass is 16.5. The molecule has 1 fully saturated rings. The topological polar surface area (TPSA) is 59.8 Å². The molecule has 0 amide bonds. The summed E-state index contributed by atoms with van der Waals surface area (Å²) in [6, 6.07) is 16.3. The van der Waals surface area contributed by atoms with E-state index in [1.54, 1.807) is 0 Å². The molecule has 1 N–H and O–H groups in total. The second-order valence-electron chi connectivity index (χ2n) is 9.12. The van der Waals surface area contributed by atoms with Crippen LogP contribution < -0.4 is 9.47 Å². The second kappa shape index (κ2) is 10.9. The van der Waals surface area contributed by atoms with Crippen LogP contribution in [0.5, 0.6) is 11.5 Å². The van der Waals surface area contributed by atoms with Gasteiger partial charge in [0.2, 0.25) is 0 Å². The second-order valence-corrected chi connectivity index (χ2v) is 9.12. The Morgan fingerprint density at radius 1 is 1.00 bits per heavy atom. The summed E-state index contributed by atoms with van der Waals surface area (Å²) in [5.74, 6) is 2.76. The zero-order valence-corrected chi connectivity index (χ0v) is 19.7. The van der Waals surface area contributed by atoms with Gasteiger partial charge in [-0.15, -0.1) is 0 Å². The fourth-order valence-corrected chi connectivity index (χ4v) is 4.18. The maximum Gasteiger partial charge on any atom is 0.119 e. The van der Waals surface area contributed by atoms with Gasteiger partial charge < -0.3 is 19.1 Å². The number of benzene rings is 2. The lowest BCUT2D eigenvalue weighted by Crippen LogP contribution is -2.47. The average Bonchev–Trinajstić information content (AvgIpc) is 3.23. The van der Waals surface area contributed by atoms with Gasteiger partial charge in [0.1, 0.15) is 29.5 Å². The normalized spacial score (nSPS) is 16.0. The van der Waals surface area contributed by atoms with Crippen LogP contribution in [0.2, 0.25) is 0 Å². The lowest BCUT2D eigenvalue weighted by Gasteiger charge is -2.38. The van der Waals surface area contributed by atoms with Crippen LogP contribution in [-0.4, -0.2) is 51.5 Å². The molecule has 0 atom stereocenters. The fourth-order valence-electron chi connectivity index (χ4n) is 4.18. The van der Waals surface area contributed by atoms with Crippen molar-refractivity contribution < 1.29 is 14.6 Å². The van der Waals surface area contributed by atoms with E-state index in [0.717, 1.165) is 49.9 Å². The Labute approximate surface area is 196 Å². The van der Waals surface area contributed by atoms with Gasteiger partial charge in [-0.05, 0) is 62.9 Å². The van der Waals surface area contributed by atoms with Crippen molar-refractivity contribution in [2.24, 2.45) is 0 Å². The predicted molar refractivity (Wildman–Crippen MR) is 130 cm³/mol. The number of aryl methyl sites for hydroxylation is 3. The van der Waals surface area contributed by atoms with E-state index in [4.69, 9.17) is 9.47 Å². The average molecular weight is 450 g/mol. The molecule has 176 valence electrons. The van der Waals surface area contributed by atoms with Crippen molar-refractivity contribution in [1.82, 2.24) is 14.5 Å². The number of aromatic nitrogens is 2. The zero-order chi connectivity index (χ0) is 23.1. The summed E-state index contributed by atoms with van der Waals surface area (Å²) in [6.45, 7) is 8.56. The Morgan fingerprint density at radius 3 is 2.52 bits per heavy atom. The molecule has 2 heterocycles. The van der Waals surface area contributed by atoms with E-state index in [1.807, 2.05) is 49.6 Å². The molecule has 6 nitrogen and oxygen atoms in total. The molecule has 6 heteroatoms. The van der Waals surface area contributed by atoms with Gasteiger partial charge in [-0.2, -0.15) is 0 Å². The van der Waals surface area contributed by atoms with Crippen molar-refractivity contribution in [3.63, 3.8) is 0 Å². The minimum Gasteiger partial charge on any atom is -0.494 e. The van der Waals surface area contributed by atoms with Crippen LogP contribution in [0.25, 0.3) is 0 Å². The summed E-state index contributed by atoms with van der Waals surface area (Å²) in [6.07, 6.45) is 6.20. The Kier molecular flexibility index (Phi) is 7.68. The van der Waals surface area contributed by atoms with Crippen LogP contribution in [0.3, 0.4) is 0 Å². The molecule has 2 aromatic carbocycles. The molecule has 1 saturated heterocycles. The third kappa shape index (κ3) is 6.83. The van der Waals surface area contributed by atoms with E-state index in [-0.39, 0.29) is 0 Å². The van der Waals surface area contributed by atoms with E-state index in [1.165, 1.54) is 11.1 Å². The molecule has 0 radical (unpaired) electrons. The van der Waals surface area contributed by atoms with Crippen LogP contribution in [0, 0.1) is 13.8 Å². The van der Waals surface area contributed by atoms with E-state index in [0.29, 0.717) is 26.1 Å². The van der Waals surface area contributed by atoms with Crippen molar-refractivity contribution in [3.05, 3.63) is 77.9 Å². The first-order valence-electron chi connectivity index (χ1n) is 11.8. The maximum absolute atomic E-state index is 10.9. The SMILES string of the molecule is Cc1ccc(OCC2(O)CCN(Cc3cccc(OCCCn4ccnc4C)c3)CC2)cc1. The molecule has 0 spiro atoms. The highest BCUT2D eigenvalue weighted by Gasteiger charge is 2.33. The first-order valence-corrected chi connectivity index (χ1v) is 11.8. The maximum atomic E-state index is 10.9. The monoisotopic (exact) mass is 449 g/mol. The van der Waals surface area contributed by atoms with Crippen molar-refractivity contribution in [2.45, 2.75) is 51.8 Å². The molecule has 3 aromatic rings. The van der Waals surface area contributed by atoms with Crippen LogP contribution in [0.4, 0.5) is 0 Å². The van der Waals surface area contributed by atoms with Crippen LogP contribution >= 0.6 is 0 Å². The molecule has 4 rings (SSSR count). The molecular weight excluding hydrogens is 414 g/mol. The van der Waals surface area contributed by atoms with Gasteiger partial charge >= 0.3 is 0 Å². The molecule has 0 saturated carbocycles. The minimum absolute atomic E-state index is 0.339. The Hall–Kier alpha value is -2.83. The number of aliphatic hydroxyl groups is 1. The third-order valence-electron chi connectivity index (χ3n) is 6.36. The van der Waals surface area contributed by atoms with Crippen LogP contribution in [-0.2, 0) is 13.1 Å².